The Bertz CT molecular complexity index is 740. The molecule has 134 valence electrons. The van der Waals surface area contributed by atoms with Crippen LogP contribution in [0.4, 0.5) is 0 Å². The van der Waals surface area contributed by atoms with Crippen molar-refractivity contribution in [2.45, 2.75) is 38.5 Å². The summed E-state index contributed by atoms with van der Waals surface area (Å²) in [6.45, 7) is 3.23. The lowest BCUT2D eigenvalue weighted by Gasteiger charge is -2.28. The van der Waals surface area contributed by atoms with Gasteiger partial charge in [-0.1, -0.05) is 5.16 Å². The van der Waals surface area contributed by atoms with Gasteiger partial charge in [0.25, 0.3) is 5.89 Å². The first-order valence-electron chi connectivity index (χ1n) is 8.67. The van der Waals surface area contributed by atoms with Gasteiger partial charge in [-0.05, 0) is 42.5 Å². The standard InChI is InChI=1S/C18H23N3O4/c1-22-15-8-12-5-6-21(10-13(12)9-16(15)23-2)11-17-19-18(25-20-17)14-4-3-7-24-14/h8-9,14H,3-7,10-11H2,1-2H3/t14-/m0/s1. The Balaban J connectivity index is 1.45. The van der Waals surface area contributed by atoms with E-state index in [1.54, 1.807) is 14.2 Å². The number of hydrogen-bond donors (Lipinski definition) is 0. The number of hydrogen-bond acceptors (Lipinski definition) is 7. The predicted octanol–water partition coefficient (Wildman–Crippen LogP) is 2.50. The summed E-state index contributed by atoms with van der Waals surface area (Å²) in [7, 11) is 3.33. The Morgan fingerprint density at radius 2 is 2.00 bits per heavy atom. The summed E-state index contributed by atoms with van der Waals surface area (Å²) >= 11 is 0. The maximum Gasteiger partial charge on any atom is 0.255 e. The van der Waals surface area contributed by atoms with Gasteiger partial charge < -0.3 is 18.7 Å². The number of rotatable bonds is 5. The van der Waals surface area contributed by atoms with Crippen molar-refractivity contribution in [2.75, 3.05) is 27.4 Å². The highest BCUT2D eigenvalue weighted by atomic mass is 16.5. The fourth-order valence-corrected chi connectivity index (χ4v) is 3.51. The third-order valence-electron chi connectivity index (χ3n) is 4.85. The monoisotopic (exact) mass is 345 g/mol. The van der Waals surface area contributed by atoms with E-state index >= 15 is 0 Å². The molecule has 1 aromatic carbocycles. The molecule has 1 atom stereocenters. The van der Waals surface area contributed by atoms with Crippen LogP contribution in [-0.2, 0) is 24.2 Å². The van der Waals surface area contributed by atoms with Gasteiger partial charge in [-0.2, -0.15) is 4.98 Å². The normalized spacial score (nSPS) is 20.5. The number of benzene rings is 1. The van der Waals surface area contributed by atoms with Gasteiger partial charge in [-0.15, -0.1) is 0 Å². The van der Waals surface area contributed by atoms with Crippen LogP contribution in [0.3, 0.4) is 0 Å². The van der Waals surface area contributed by atoms with Crippen molar-refractivity contribution in [1.82, 2.24) is 15.0 Å². The van der Waals surface area contributed by atoms with Crippen molar-refractivity contribution in [3.8, 4) is 11.5 Å². The quantitative estimate of drug-likeness (QED) is 0.824. The van der Waals surface area contributed by atoms with E-state index in [0.29, 0.717) is 12.4 Å². The highest BCUT2D eigenvalue weighted by molar-refractivity contribution is 5.48. The van der Waals surface area contributed by atoms with Crippen LogP contribution < -0.4 is 9.47 Å². The van der Waals surface area contributed by atoms with Crippen LogP contribution in [0.1, 0.15) is 41.8 Å². The molecule has 0 aliphatic carbocycles. The number of aromatic nitrogens is 2. The molecular weight excluding hydrogens is 322 g/mol. The molecule has 7 heteroatoms. The molecule has 0 saturated carbocycles. The molecule has 1 fully saturated rings. The van der Waals surface area contributed by atoms with E-state index in [0.717, 1.165) is 56.3 Å². The lowest BCUT2D eigenvalue weighted by molar-refractivity contribution is 0.0835. The van der Waals surface area contributed by atoms with Gasteiger partial charge in [-0.25, -0.2) is 0 Å². The average molecular weight is 345 g/mol. The molecule has 0 N–H and O–H groups in total. The molecule has 7 nitrogen and oxygen atoms in total. The molecule has 3 heterocycles. The van der Waals surface area contributed by atoms with Gasteiger partial charge >= 0.3 is 0 Å². The molecule has 1 saturated heterocycles. The number of ether oxygens (including phenoxy) is 3. The van der Waals surface area contributed by atoms with Crippen molar-refractivity contribution < 1.29 is 18.7 Å². The summed E-state index contributed by atoms with van der Waals surface area (Å²) in [4.78, 5) is 6.83. The summed E-state index contributed by atoms with van der Waals surface area (Å²) in [5.41, 5.74) is 2.56. The average Bonchev–Trinajstić information content (AvgIpc) is 3.32. The maximum absolute atomic E-state index is 5.60. The van der Waals surface area contributed by atoms with Gasteiger partial charge in [0.15, 0.2) is 17.3 Å². The first-order chi connectivity index (χ1) is 12.3. The second-order valence-electron chi connectivity index (χ2n) is 6.49. The largest absolute Gasteiger partial charge is 0.493 e. The second kappa shape index (κ2) is 7.01. The summed E-state index contributed by atoms with van der Waals surface area (Å²) in [6, 6.07) is 4.14. The minimum Gasteiger partial charge on any atom is -0.493 e. The topological polar surface area (TPSA) is 69.9 Å². The second-order valence-corrected chi connectivity index (χ2v) is 6.49. The molecular formula is C18H23N3O4. The van der Waals surface area contributed by atoms with E-state index in [2.05, 4.69) is 27.2 Å². The summed E-state index contributed by atoms with van der Waals surface area (Å²) in [6.07, 6.45) is 2.95. The van der Waals surface area contributed by atoms with E-state index in [1.165, 1.54) is 11.1 Å². The molecule has 0 amide bonds. The molecule has 0 unspecified atom stereocenters. The Morgan fingerprint density at radius 3 is 2.72 bits per heavy atom. The number of fused-ring (bicyclic) bond motifs is 1. The lowest BCUT2D eigenvalue weighted by atomic mass is 9.99. The molecule has 2 aliphatic rings. The molecule has 25 heavy (non-hydrogen) atoms. The lowest BCUT2D eigenvalue weighted by Crippen LogP contribution is -2.30. The van der Waals surface area contributed by atoms with Crippen LogP contribution >= 0.6 is 0 Å². The van der Waals surface area contributed by atoms with Crippen LogP contribution in [0.25, 0.3) is 0 Å². The fraction of sp³-hybridized carbons (Fsp3) is 0.556. The smallest absolute Gasteiger partial charge is 0.255 e. The van der Waals surface area contributed by atoms with Crippen molar-refractivity contribution in [3.05, 3.63) is 35.0 Å². The van der Waals surface area contributed by atoms with E-state index in [9.17, 15) is 0 Å². The molecule has 2 aromatic rings. The van der Waals surface area contributed by atoms with Crippen LogP contribution in [0.5, 0.6) is 11.5 Å². The minimum atomic E-state index is -0.0277. The van der Waals surface area contributed by atoms with Crippen LogP contribution in [0, 0.1) is 0 Å². The van der Waals surface area contributed by atoms with Crippen molar-refractivity contribution in [3.63, 3.8) is 0 Å². The van der Waals surface area contributed by atoms with Crippen LogP contribution in [-0.4, -0.2) is 42.4 Å². The SMILES string of the molecule is COc1cc2c(cc1OC)CN(Cc1noc([C@@H]3CCCO3)n1)CC2. The molecule has 0 bridgehead atoms. The van der Waals surface area contributed by atoms with Crippen molar-refractivity contribution in [2.24, 2.45) is 0 Å². The van der Waals surface area contributed by atoms with Crippen molar-refractivity contribution >= 4 is 0 Å². The Labute approximate surface area is 146 Å². The van der Waals surface area contributed by atoms with Gasteiger partial charge in [-0.3, -0.25) is 4.90 Å². The Hall–Kier alpha value is -2.12. The van der Waals surface area contributed by atoms with Crippen molar-refractivity contribution in [1.29, 1.82) is 0 Å². The summed E-state index contributed by atoms with van der Waals surface area (Å²) < 4.78 is 21.8. The van der Waals surface area contributed by atoms with Gasteiger partial charge in [0.1, 0.15) is 6.10 Å². The van der Waals surface area contributed by atoms with Gasteiger partial charge in [0.2, 0.25) is 0 Å². The zero-order valence-electron chi connectivity index (χ0n) is 14.7. The highest BCUT2D eigenvalue weighted by Crippen LogP contribution is 2.33. The zero-order chi connectivity index (χ0) is 17.2. The predicted molar refractivity (Wildman–Crippen MR) is 89.6 cm³/mol. The summed E-state index contributed by atoms with van der Waals surface area (Å²) in [5, 5.41) is 4.12. The zero-order valence-corrected chi connectivity index (χ0v) is 14.7. The van der Waals surface area contributed by atoms with Crippen LogP contribution in [0.2, 0.25) is 0 Å². The third kappa shape index (κ3) is 3.34. The van der Waals surface area contributed by atoms with E-state index < -0.39 is 0 Å². The van der Waals surface area contributed by atoms with E-state index in [-0.39, 0.29) is 6.10 Å². The van der Waals surface area contributed by atoms with E-state index in [1.807, 2.05) is 0 Å². The minimum absolute atomic E-state index is 0.0277. The van der Waals surface area contributed by atoms with Gasteiger partial charge in [0.05, 0.1) is 20.8 Å². The molecule has 0 radical (unpaired) electrons. The van der Waals surface area contributed by atoms with Gasteiger partial charge in [0, 0.05) is 19.7 Å². The molecule has 0 spiro atoms. The molecule has 4 rings (SSSR count). The first-order valence-corrected chi connectivity index (χ1v) is 8.67. The molecule has 2 aliphatic heterocycles. The fourth-order valence-electron chi connectivity index (χ4n) is 3.51. The Kier molecular flexibility index (Phi) is 4.59. The first kappa shape index (κ1) is 16.4. The number of nitrogens with zero attached hydrogens (tertiary/aromatic N) is 3. The maximum atomic E-state index is 5.60. The van der Waals surface area contributed by atoms with E-state index in [4.69, 9.17) is 18.7 Å². The Morgan fingerprint density at radius 1 is 1.20 bits per heavy atom. The molecule has 1 aromatic heterocycles. The summed E-state index contributed by atoms with van der Waals surface area (Å²) in [5.74, 6) is 2.88. The highest BCUT2D eigenvalue weighted by Gasteiger charge is 2.25. The van der Waals surface area contributed by atoms with Crippen LogP contribution in [0.15, 0.2) is 16.7 Å². The number of methoxy groups -OCH3 is 2. The third-order valence-corrected chi connectivity index (χ3v) is 4.85.